The molecule has 6 heteroatoms. The highest BCUT2D eigenvalue weighted by Crippen LogP contribution is 2.17. The minimum absolute atomic E-state index is 0.258. The van der Waals surface area contributed by atoms with E-state index in [4.69, 9.17) is 0 Å². The maximum Gasteiger partial charge on any atom is 0.137 e. The second-order valence-corrected chi connectivity index (χ2v) is 6.04. The first kappa shape index (κ1) is 15.1. The molecule has 0 aliphatic heterocycles. The number of halogens is 2. The summed E-state index contributed by atoms with van der Waals surface area (Å²) in [6.45, 7) is 6.58. The highest BCUT2D eigenvalue weighted by Gasteiger charge is 2.04. The van der Waals surface area contributed by atoms with E-state index in [1.807, 2.05) is 6.20 Å². The summed E-state index contributed by atoms with van der Waals surface area (Å²) in [5.41, 5.74) is 1.89. The Balaban J connectivity index is 1.93. The number of nitrogens with one attached hydrogen (secondary N) is 1. The second-order valence-electron chi connectivity index (χ2n) is 5.18. The molecule has 1 heterocycles. The molecule has 0 aliphatic rings. The molecule has 2 rings (SSSR count). The second kappa shape index (κ2) is 6.95. The van der Waals surface area contributed by atoms with Crippen molar-refractivity contribution in [2.24, 2.45) is 5.92 Å². The van der Waals surface area contributed by atoms with E-state index < -0.39 is 0 Å². The zero-order valence-electron chi connectivity index (χ0n) is 11.6. The first-order valence-electron chi connectivity index (χ1n) is 6.58. The number of nitrogens with zero attached hydrogens (tertiary/aromatic N) is 3. The monoisotopic (exact) mass is 340 g/mol. The molecule has 1 N–H and O–H groups in total. The number of hydrogen-bond acceptors (Lipinski definition) is 3. The van der Waals surface area contributed by atoms with Crippen LogP contribution in [0.25, 0.3) is 0 Å². The summed E-state index contributed by atoms with van der Waals surface area (Å²) in [6.07, 6.45) is 1.91. The highest BCUT2D eigenvalue weighted by molar-refractivity contribution is 9.10. The van der Waals surface area contributed by atoms with Crippen LogP contribution in [-0.4, -0.2) is 21.5 Å². The maximum atomic E-state index is 13.2. The molecule has 0 radical (unpaired) electrons. The van der Waals surface area contributed by atoms with E-state index in [1.165, 1.54) is 6.07 Å². The molecule has 0 bridgehead atoms. The van der Waals surface area contributed by atoms with Crippen molar-refractivity contribution in [3.63, 3.8) is 0 Å². The predicted molar refractivity (Wildman–Crippen MR) is 79.8 cm³/mol. The van der Waals surface area contributed by atoms with Crippen molar-refractivity contribution >= 4 is 15.9 Å². The van der Waals surface area contributed by atoms with Crippen LogP contribution >= 0.6 is 15.9 Å². The average Bonchev–Trinajstić information content (AvgIpc) is 2.81. The molecule has 0 unspecified atom stereocenters. The largest absolute Gasteiger partial charge is 0.311 e. The van der Waals surface area contributed by atoms with E-state index in [9.17, 15) is 4.39 Å². The molecule has 2 aromatic rings. The summed E-state index contributed by atoms with van der Waals surface area (Å²) in [7, 11) is 0. The van der Waals surface area contributed by atoms with Gasteiger partial charge in [-0.3, -0.25) is 0 Å². The van der Waals surface area contributed by atoms with E-state index in [-0.39, 0.29) is 5.82 Å². The van der Waals surface area contributed by atoms with Crippen LogP contribution in [0.1, 0.15) is 25.1 Å². The minimum atomic E-state index is -0.258. The van der Waals surface area contributed by atoms with Crippen LogP contribution in [0.2, 0.25) is 0 Å². The van der Waals surface area contributed by atoms with Crippen LogP contribution in [-0.2, 0) is 13.1 Å². The van der Waals surface area contributed by atoms with E-state index in [2.05, 4.69) is 45.4 Å². The fourth-order valence-corrected chi connectivity index (χ4v) is 2.24. The molecule has 1 aromatic heterocycles. The third-order valence-electron chi connectivity index (χ3n) is 2.77. The summed E-state index contributed by atoms with van der Waals surface area (Å²) in [5, 5.41) is 11.5. The summed E-state index contributed by atoms with van der Waals surface area (Å²) < 4.78 is 15.4. The SMILES string of the molecule is CC(C)CNCc1cn(Cc2ccc(F)c(Br)c2)nn1. The molecule has 0 saturated heterocycles. The average molecular weight is 341 g/mol. The molecular formula is C14H18BrFN4. The summed E-state index contributed by atoms with van der Waals surface area (Å²) in [6, 6.07) is 4.95. The van der Waals surface area contributed by atoms with Gasteiger partial charge in [0.1, 0.15) is 5.82 Å². The lowest BCUT2D eigenvalue weighted by Gasteiger charge is -2.04. The molecule has 4 nitrogen and oxygen atoms in total. The van der Waals surface area contributed by atoms with Gasteiger partial charge in [-0.25, -0.2) is 9.07 Å². The van der Waals surface area contributed by atoms with Crippen LogP contribution in [0.3, 0.4) is 0 Å². The molecule has 20 heavy (non-hydrogen) atoms. The van der Waals surface area contributed by atoms with Crippen molar-refractivity contribution in [2.45, 2.75) is 26.9 Å². The molecule has 0 saturated carbocycles. The Morgan fingerprint density at radius 1 is 1.40 bits per heavy atom. The standard InChI is InChI=1S/C14H18BrFN4/c1-10(2)6-17-7-12-9-20(19-18-12)8-11-3-4-14(16)13(15)5-11/h3-5,9-10,17H,6-8H2,1-2H3. The zero-order valence-corrected chi connectivity index (χ0v) is 13.2. The fraction of sp³-hybridized carbons (Fsp3) is 0.429. The van der Waals surface area contributed by atoms with Gasteiger partial charge >= 0.3 is 0 Å². The van der Waals surface area contributed by atoms with Crippen LogP contribution < -0.4 is 5.32 Å². The van der Waals surface area contributed by atoms with Gasteiger partial charge in [-0.2, -0.15) is 0 Å². The van der Waals surface area contributed by atoms with Crippen LogP contribution in [0.4, 0.5) is 4.39 Å². The third-order valence-corrected chi connectivity index (χ3v) is 3.38. The fourth-order valence-electron chi connectivity index (χ4n) is 1.81. The molecule has 0 spiro atoms. The number of aromatic nitrogens is 3. The molecule has 0 aliphatic carbocycles. The van der Waals surface area contributed by atoms with Gasteiger partial charge in [0.05, 0.1) is 22.9 Å². The van der Waals surface area contributed by atoms with E-state index in [0.29, 0.717) is 23.5 Å². The first-order chi connectivity index (χ1) is 9.54. The Hall–Kier alpha value is -1.27. The Labute approximate surface area is 126 Å². The van der Waals surface area contributed by atoms with Crippen molar-refractivity contribution in [3.05, 3.63) is 45.9 Å². The third kappa shape index (κ3) is 4.38. The summed E-state index contributed by atoms with van der Waals surface area (Å²) >= 11 is 3.18. The molecule has 0 amide bonds. The summed E-state index contributed by atoms with van der Waals surface area (Å²) in [4.78, 5) is 0. The molecule has 0 fully saturated rings. The Morgan fingerprint density at radius 3 is 2.90 bits per heavy atom. The topological polar surface area (TPSA) is 42.7 Å². The highest BCUT2D eigenvalue weighted by atomic mass is 79.9. The van der Waals surface area contributed by atoms with Gasteiger partial charge in [-0.1, -0.05) is 25.1 Å². The van der Waals surface area contributed by atoms with Gasteiger partial charge in [0, 0.05) is 6.54 Å². The molecule has 108 valence electrons. The van der Waals surface area contributed by atoms with Crippen LogP contribution in [0, 0.1) is 11.7 Å². The van der Waals surface area contributed by atoms with Gasteiger partial charge in [0.2, 0.25) is 0 Å². The molecular weight excluding hydrogens is 323 g/mol. The number of benzene rings is 1. The lowest BCUT2D eigenvalue weighted by molar-refractivity contribution is 0.548. The lowest BCUT2D eigenvalue weighted by Crippen LogP contribution is -2.19. The van der Waals surface area contributed by atoms with E-state index in [1.54, 1.807) is 16.8 Å². The van der Waals surface area contributed by atoms with Crippen LogP contribution in [0.15, 0.2) is 28.9 Å². The van der Waals surface area contributed by atoms with Crippen molar-refractivity contribution in [1.29, 1.82) is 0 Å². The van der Waals surface area contributed by atoms with Gasteiger partial charge < -0.3 is 5.32 Å². The Kier molecular flexibility index (Phi) is 5.25. The Morgan fingerprint density at radius 2 is 2.20 bits per heavy atom. The first-order valence-corrected chi connectivity index (χ1v) is 7.37. The van der Waals surface area contributed by atoms with Gasteiger partial charge in [0.15, 0.2) is 0 Å². The predicted octanol–water partition coefficient (Wildman–Crippen LogP) is 2.97. The molecule has 0 atom stereocenters. The normalized spacial score (nSPS) is 11.2. The zero-order chi connectivity index (χ0) is 14.5. The quantitative estimate of drug-likeness (QED) is 0.878. The van der Waals surface area contributed by atoms with Crippen molar-refractivity contribution < 1.29 is 4.39 Å². The van der Waals surface area contributed by atoms with E-state index in [0.717, 1.165) is 17.8 Å². The van der Waals surface area contributed by atoms with Crippen molar-refractivity contribution in [3.8, 4) is 0 Å². The maximum absolute atomic E-state index is 13.2. The number of rotatable bonds is 6. The minimum Gasteiger partial charge on any atom is -0.311 e. The Bertz CT molecular complexity index is 568. The van der Waals surface area contributed by atoms with Crippen molar-refractivity contribution in [2.75, 3.05) is 6.54 Å². The molecule has 1 aromatic carbocycles. The number of hydrogen-bond donors (Lipinski definition) is 1. The van der Waals surface area contributed by atoms with Gasteiger partial charge in [-0.15, -0.1) is 5.10 Å². The summed E-state index contributed by atoms with van der Waals surface area (Å²) in [5.74, 6) is 0.354. The van der Waals surface area contributed by atoms with Gasteiger partial charge in [-0.05, 0) is 46.1 Å². The van der Waals surface area contributed by atoms with Crippen molar-refractivity contribution in [1.82, 2.24) is 20.3 Å². The van der Waals surface area contributed by atoms with E-state index >= 15 is 0 Å². The van der Waals surface area contributed by atoms with Gasteiger partial charge in [0.25, 0.3) is 0 Å². The lowest BCUT2D eigenvalue weighted by atomic mass is 10.2. The smallest absolute Gasteiger partial charge is 0.137 e. The van der Waals surface area contributed by atoms with Crippen LogP contribution in [0.5, 0.6) is 0 Å².